The second kappa shape index (κ2) is 7.17. The van der Waals surface area contributed by atoms with Crippen LogP contribution in [0.5, 0.6) is 0 Å². The van der Waals surface area contributed by atoms with Crippen molar-refractivity contribution in [3.05, 3.63) is 0 Å². The van der Waals surface area contributed by atoms with Crippen LogP contribution in [0.15, 0.2) is 4.34 Å². The lowest BCUT2D eigenvalue weighted by Crippen LogP contribution is -2.36. The summed E-state index contributed by atoms with van der Waals surface area (Å²) in [5.74, 6) is 0.160. The Morgan fingerprint density at radius 3 is 2.78 bits per heavy atom. The Kier molecular flexibility index (Phi) is 5.86. The fraction of sp³-hybridized carbons (Fsp3) is 0.556. The molecule has 0 saturated heterocycles. The molecule has 0 unspecified atom stereocenters. The van der Waals surface area contributed by atoms with E-state index in [4.69, 9.17) is 5.73 Å². The Bertz CT molecular complexity index is 421. The molecule has 0 bridgehead atoms. The molecule has 0 aliphatic heterocycles. The number of carbonyl (C=O) groups is 2. The maximum atomic E-state index is 11.2. The van der Waals surface area contributed by atoms with Gasteiger partial charge in [-0.05, 0) is 5.92 Å². The Labute approximate surface area is 113 Å². The monoisotopic (exact) mass is 289 g/mol. The molecule has 100 valence electrons. The van der Waals surface area contributed by atoms with Gasteiger partial charge in [0.1, 0.15) is 0 Å². The summed E-state index contributed by atoms with van der Waals surface area (Å²) in [5.41, 5.74) is 4.82. The zero-order chi connectivity index (χ0) is 13.5. The molecule has 4 N–H and O–H groups in total. The van der Waals surface area contributed by atoms with Gasteiger partial charge in [0.2, 0.25) is 11.0 Å². The van der Waals surface area contributed by atoms with Crippen molar-refractivity contribution in [1.29, 1.82) is 0 Å². The number of amides is 3. The number of carbonyl (C=O) groups excluding carboxylic acids is 2. The number of thioether (sulfide) groups is 1. The van der Waals surface area contributed by atoms with Crippen LogP contribution >= 0.6 is 23.1 Å². The van der Waals surface area contributed by atoms with Gasteiger partial charge in [0.05, 0.1) is 5.75 Å². The largest absolute Gasteiger partial charge is 0.360 e. The molecule has 0 aliphatic rings. The van der Waals surface area contributed by atoms with Gasteiger partial charge in [-0.1, -0.05) is 36.9 Å². The first-order valence-electron chi connectivity index (χ1n) is 5.27. The fourth-order valence-electron chi connectivity index (χ4n) is 0.932. The van der Waals surface area contributed by atoms with Crippen molar-refractivity contribution in [3.8, 4) is 0 Å². The molecule has 0 radical (unpaired) electrons. The lowest BCUT2D eigenvalue weighted by molar-refractivity contribution is -0.117. The van der Waals surface area contributed by atoms with Gasteiger partial charge in [-0.3, -0.25) is 10.1 Å². The summed E-state index contributed by atoms with van der Waals surface area (Å²) in [6.07, 6.45) is 0. The zero-order valence-corrected chi connectivity index (χ0v) is 11.7. The van der Waals surface area contributed by atoms with Crippen LogP contribution < -0.4 is 16.4 Å². The van der Waals surface area contributed by atoms with Crippen LogP contribution in [-0.2, 0) is 4.79 Å². The Morgan fingerprint density at radius 2 is 2.17 bits per heavy atom. The highest BCUT2D eigenvalue weighted by Gasteiger charge is 2.09. The van der Waals surface area contributed by atoms with Crippen molar-refractivity contribution in [2.24, 2.45) is 11.7 Å². The Balaban J connectivity index is 2.35. The third-order valence-electron chi connectivity index (χ3n) is 1.66. The van der Waals surface area contributed by atoms with Crippen LogP contribution in [-0.4, -0.2) is 34.4 Å². The molecule has 0 aliphatic carbocycles. The topological polar surface area (TPSA) is 110 Å². The number of primary amides is 1. The summed E-state index contributed by atoms with van der Waals surface area (Å²) in [6, 6.07) is -0.850. The van der Waals surface area contributed by atoms with Crippen molar-refractivity contribution < 1.29 is 9.59 Å². The number of urea groups is 1. The van der Waals surface area contributed by atoms with Gasteiger partial charge in [-0.2, -0.15) is 0 Å². The molecule has 7 nitrogen and oxygen atoms in total. The van der Waals surface area contributed by atoms with Gasteiger partial charge in [0.15, 0.2) is 4.34 Å². The van der Waals surface area contributed by atoms with E-state index in [1.165, 1.54) is 23.1 Å². The number of nitrogens with one attached hydrogen (secondary N) is 2. The number of aromatic nitrogens is 2. The van der Waals surface area contributed by atoms with E-state index in [0.717, 1.165) is 11.7 Å². The molecule has 1 aromatic heterocycles. The lowest BCUT2D eigenvalue weighted by Gasteiger charge is -2.03. The average Bonchev–Trinajstić information content (AvgIpc) is 2.70. The molecule has 0 fully saturated rings. The van der Waals surface area contributed by atoms with Crippen molar-refractivity contribution in [2.75, 3.05) is 17.6 Å². The van der Waals surface area contributed by atoms with Gasteiger partial charge in [-0.25, -0.2) is 4.79 Å². The van der Waals surface area contributed by atoms with Crippen molar-refractivity contribution in [3.63, 3.8) is 0 Å². The van der Waals surface area contributed by atoms with Gasteiger partial charge < -0.3 is 11.1 Å². The second-order valence-corrected chi connectivity index (χ2v) is 6.05. The molecular weight excluding hydrogens is 274 g/mol. The zero-order valence-electron chi connectivity index (χ0n) is 10.1. The van der Waals surface area contributed by atoms with Crippen molar-refractivity contribution in [2.45, 2.75) is 18.2 Å². The predicted molar refractivity (Wildman–Crippen MR) is 71.7 cm³/mol. The number of imide groups is 1. The third kappa shape index (κ3) is 5.82. The molecule has 3 amide bonds. The number of anilines is 1. The summed E-state index contributed by atoms with van der Waals surface area (Å²) in [7, 11) is 0. The Morgan fingerprint density at radius 1 is 1.44 bits per heavy atom. The minimum Gasteiger partial charge on any atom is -0.360 e. The van der Waals surface area contributed by atoms with Crippen molar-refractivity contribution in [1.82, 2.24) is 15.5 Å². The second-order valence-electron chi connectivity index (χ2n) is 3.85. The fourth-order valence-corrected chi connectivity index (χ4v) is 2.49. The van der Waals surface area contributed by atoms with Crippen LogP contribution in [0, 0.1) is 5.92 Å². The molecular formula is C9H15N5O2S2. The van der Waals surface area contributed by atoms with E-state index >= 15 is 0 Å². The number of nitrogens with zero attached hydrogens (tertiary/aromatic N) is 2. The van der Waals surface area contributed by atoms with E-state index in [-0.39, 0.29) is 5.75 Å². The van der Waals surface area contributed by atoms with Crippen LogP contribution in [0.3, 0.4) is 0 Å². The van der Waals surface area contributed by atoms with Gasteiger partial charge in [-0.15, -0.1) is 10.2 Å². The molecule has 1 aromatic rings. The minimum absolute atomic E-state index is 0.0851. The highest BCUT2D eigenvalue weighted by Crippen LogP contribution is 2.25. The minimum atomic E-state index is -0.850. The molecule has 0 atom stereocenters. The van der Waals surface area contributed by atoms with E-state index in [2.05, 4.69) is 29.4 Å². The van der Waals surface area contributed by atoms with Gasteiger partial charge in [0, 0.05) is 6.54 Å². The molecule has 1 rings (SSSR count). The summed E-state index contributed by atoms with van der Waals surface area (Å²) < 4.78 is 0.667. The van der Waals surface area contributed by atoms with E-state index in [0.29, 0.717) is 10.3 Å². The Hall–Kier alpha value is -1.35. The number of hydrogen-bond donors (Lipinski definition) is 3. The number of rotatable bonds is 6. The van der Waals surface area contributed by atoms with Gasteiger partial charge >= 0.3 is 6.03 Å². The average molecular weight is 289 g/mol. The molecule has 18 heavy (non-hydrogen) atoms. The van der Waals surface area contributed by atoms with E-state index in [1.807, 2.05) is 5.32 Å². The quantitative estimate of drug-likeness (QED) is 0.671. The maximum absolute atomic E-state index is 11.2. The van der Waals surface area contributed by atoms with Crippen molar-refractivity contribution >= 4 is 40.2 Å². The smallest absolute Gasteiger partial charge is 0.318 e. The third-order valence-corrected chi connectivity index (χ3v) is 3.67. The van der Waals surface area contributed by atoms with Crippen LogP contribution in [0.1, 0.15) is 13.8 Å². The molecule has 0 aromatic carbocycles. The highest BCUT2D eigenvalue weighted by atomic mass is 32.2. The van der Waals surface area contributed by atoms with E-state index in [1.54, 1.807) is 0 Å². The summed E-state index contributed by atoms with van der Waals surface area (Å²) >= 11 is 2.58. The first kappa shape index (κ1) is 14.7. The van der Waals surface area contributed by atoms with E-state index < -0.39 is 11.9 Å². The lowest BCUT2D eigenvalue weighted by atomic mass is 10.2. The predicted octanol–water partition coefficient (Wildman–Crippen LogP) is 0.893. The SMILES string of the molecule is CC(C)CNc1nnc(SCC(=O)NC(N)=O)s1. The first-order chi connectivity index (χ1) is 8.47. The normalized spacial score (nSPS) is 10.4. The van der Waals surface area contributed by atoms with E-state index in [9.17, 15) is 9.59 Å². The number of hydrogen-bond acceptors (Lipinski definition) is 7. The molecule has 0 spiro atoms. The number of nitrogens with two attached hydrogens (primary N) is 1. The maximum Gasteiger partial charge on any atom is 0.318 e. The van der Waals surface area contributed by atoms with Gasteiger partial charge in [0.25, 0.3) is 0 Å². The molecule has 9 heteroatoms. The summed E-state index contributed by atoms with van der Waals surface area (Å²) in [6.45, 7) is 5.01. The van der Waals surface area contributed by atoms with Crippen LogP contribution in [0.25, 0.3) is 0 Å². The summed E-state index contributed by atoms with van der Waals surface area (Å²) in [4.78, 5) is 21.6. The molecule has 1 heterocycles. The van der Waals surface area contributed by atoms with Crippen LogP contribution in [0.2, 0.25) is 0 Å². The first-order valence-corrected chi connectivity index (χ1v) is 7.07. The standard InChI is InChI=1S/C9H15N5O2S2/c1-5(2)3-11-8-13-14-9(18-8)17-4-6(15)12-7(10)16/h5H,3-4H2,1-2H3,(H,11,13)(H3,10,12,15,16). The summed E-state index contributed by atoms with van der Waals surface area (Å²) in [5, 5.41) is 13.7. The highest BCUT2D eigenvalue weighted by molar-refractivity contribution is 8.01. The molecule has 0 saturated carbocycles. The van der Waals surface area contributed by atoms with Crippen LogP contribution in [0.4, 0.5) is 9.93 Å².